The molecule has 2 heterocycles. The molecule has 0 spiro atoms. The van der Waals surface area contributed by atoms with E-state index >= 15 is 0 Å². The number of nitrogens with one attached hydrogen (secondary N) is 2. The zero-order chi connectivity index (χ0) is 12.2. The fraction of sp³-hybridized carbons (Fsp3) is 0.385. The second kappa shape index (κ2) is 5.18. The number of rotatable bonds is 3. The first-order chi connectivity index (χ1) is 8.93. The van der Waals surface area contributed by atoms with Crippen molar-refractivity contribution in [1.29, 1.82) is 0 Å². The molecular formula is C13H17N5. The van der Waals surface area contributed by atoms with Gasteiger partial charge in [-0.05, 0) is 11.6 Å². The summed E-state index contributed by atoms with van der Waals surface area (Å²) >= 11 is 0. The number of para-hydroxylation sites is 1. The van der Waals surface area contributed by atoms with Crippen molar-refractivity contribution >= 4 is 5.69 Å². The topological polar surface area (TPSA) is 56.8 Å². The molecule has 5 heteroatoms. The minimum absolute atomic E-state index is 0.830. The predicted octanol–water partition coefficient (Wildman–Crippen LogP) is 0.805. The highest BCUT2D eigenvalue weighted by Crippen LogP contribution is 2.22. The van der Waals surface area contributed by atoms with Crippen molar-refractivity contribution in [3.05, 3.63) is 41.7 Å². The van der Waals surface area contributed by atoms with Crippen molar-refractivity contribution in [1.82, 2.24) is 20.7 Å². The van der Waals surface area contributed by atoms with Crippen LogP contribution >= 0.6 is 0 Å². The molecule has 1 saturated heterocycles. The van der Waals surface area contributed by atoms with E-state index in [0.29, 0.717) is 0 Å². The van der Waals surface area contributed by atoms with Gasteiger partial charge in [-0.1, -0.05) is 18.2 Å². The van der Waals surface area contributed by atoms with Crippen molar-refractivity contribution in [2.45, 2.75) is 6.42 Å². The largest absolute Gasteiger partial charge is 0.369 e. The van der Waals surface area contributed by atoms with Crippen LogP contribution in [0.2, 0.25) is 0 Å². The highest BCUT2D eigenvalue weighted by molar-refractivity contribution is 5.55. The Bertz CT molecular complexity index is 488. The maximum absolute atomic E-state index is 4.13. The van der Waals surface area contributed by atoms with E-state index in [9.17, 15) is 0 Å². The van der Waals surface area contributed by atoms with Crippen LogP contribution in [-0.4, -0.2) is 41.6 Å². The van der Waals surface area contributed by atoms with Gasteiger partial charge < -0.3 is 10.2 Å². The molecule has 1 fully saturated rings. The first-order valence-electron chi connectivity index (χ1n) is 6.32. The number of hydrogen-bond donors (Lipinski definition) is 2. The van der Waals surface area contributed by atoms with E-state index in [4.69, 9.17) is 0 Å². The molecule has 2 N–H and O–H groups in total. The summed E-state index contributed by atoms with van der Waals surface area (Å²) in [6.45, 7) is 4.24. The van der Waals surface area contributed by atoms with Crippen LogP contribution in [0.15, 0.2) is 30.5 Å². The van der Waals surface area contributed by atoms with Crippen LogP contribution in [0.1, 0.15) is 11.3 Å². The third-order valence-electron chi connectivity index (χ3n) is 3.29. The minimum atomic E-state index is 0.830. The van der Waals surface area contributed by atoms with Crippen LogP contribution in [-0.2, 0) is 6.42 Å². The summed E-state index contributed by atoms with van der Waals surface area (Å²) in [6, 6.07) is 8.55. The van der Waals surface area contributed by atoms with Crippen LogP contribution in [0, 0.1) is 0 Å². The fourth-order valence-corrected chi connectivity index (χ4v) is 2.38. The van der Waals surface area contributed by atoms with Crippen molar-refractivity contribution in [3.8, 4) is 0 Å². The van der Waals surface area contributed by atoms with Gasteiger partial charge in [-0.3, -0.25) is 0 Å². The van der Waals surface area contributed by atoms with E-state index in [1.54, 1.807) is 6.20 Å². The Kier molecular flexibility index (Phi) is 3.23. The van der Waals surface area contributed by atoms with E-state index in [2.05, 4.69) is 49.9 Å². The van der Waals surface area contributed by atoms with Gasteiger partial charge in [0.1, 0.15) is 0 Å². The molecule has 0 aliphatic carbocycles. The molecule has 1 aliphatic rings. The van der Waals surface area contributed by atoms with Crippen LogP contribution in [0.5, 0.6) is 0 Å². The van der Waals surface area contributed by atoms with Gasteiger partial charge in [-0.15, -0.1) is 0 Å². The summed E-state index contributed by atoms with van der Waals surface area (Å²) in [5.74, 6) is 0. The summed E-state index contributed by atoms with van der Waals surface area (Å²) in [5, 5.41) is 14.0. The number of anilines is 1. The molecule has 2 aromatic rings. The SMILES string of the molecule is c1ccc(N2CCNCC2)c(Cc2cn[nH]n2)c1. The zero-order valence-corrected chi connectivity index (χ0v) is 10.3. The fourth-order valence-electron chi connectivity index (χ4n) is 2.38. The summed E-state index contributed by atoms with van der Waals surface area (Å²) < 4.78 is 0. The zero-order valence-electron chi connectivity index (χ0n) is 10.3. The lowest BCUT2D eigenvalue weighted by atomic mass is 10.1. The molecule has 0 saturated carbocycles. The maximum Gasteiger partial charge on any atom is 0.0869 e. The molecule has 5 nitrogen and oxygen atoms in total. The average Bonchev–Trinajstić information content (AvgIpc) is 2.93. The molecule has 0 unspecified atom stereocenters. The quantitative estimate of drug-likeness (QED) is 0.837. The van der Waals surface area contributed by atoms with Gasteiger partial charge in [-0.2, -0.15) is 15.4 Å². The third-order valence-corrected chi connectivity index (χ3v) is 3.29. The molecule has 0 bridgehead atoms. The second-order valence-electron chi connectivity index (χ2n) is 4.50. The molecule has 0 atom stereocenters. The number of H-pyrrole nitrogens is 1. The first kappa shape index (κ1) is 11.2. The second-order valence-corrected chi connectivity index (χ2v) is 4.50. The monoisotopic (exact) mass is 243 g/mol. The molecule has 1 aromatic heterocycles. The number of piperazine rings is 1. The standard InChI is InChI=1S/C13H17N5/c1-2-4-13(18-7-5-14-6-8-18)11(3-1)9-12-10-15-17-16-12/h1-4,10,14H,5-9H2,(H,15,16,17). The Morgan fingerprint density at radius 2 is 2.00 bits per heavy atom. The Morgan fingerprint density at radius 3 is 2.78 bits per heavy atom. The van der Waals surface area contributed by atoms with Gasteiger partial charge in [0.2, 0.25) is 0 Å². The van der Waals surface area contributed by atoms with Gasteiger partial charge in [0.05, 0.1) is 11.9 Å². The van der Waals surface area contributed by atoms with Gasteiger partial charge in [-0.25, -0.2) is 0 Å². The predicted molar refractivity (Wildman–Crippen MR) is 70.7 cm³/mol. The number of hydrogen-bond acceptors (Lipinski definition) is 4. The van der Waals surface area contributed by atoms with E-state index in [0.717, 1.165) is 38.3 Å². The van der Waals surface area contributed by atoms with Crippen molar-refractivity contribution in [2.75, 3.05) is 31.1 Å². The molecule has 94 valence electrons. The van der Waals surface area contributed by atoms with E-state index in [1.165, 1.54) is 11.3 Å². The van der Waals surface area contributed by atoms with Gasteiger partial charge in [0.15, 0.2) is 0 Å². The van der Waals surface area contributed by atoms with Gasteiger partial charge in [0.25, 0.3) is 0 Å². The maximum atomic E-state index is 4.13. The molecule has 18 heavy (non-hydrogen) atoms. The summed E-state index contributed by atoms with van der Waals surface area (Å²) in [5.41, 5.74) is 3.62. The van der Waals surface area contributed by atoms with E-state index in [1.807, 2.05) is 0 Å². The van der Waals surface area contributed by atoms with Crippen LogP contribution in [0.3, 0.4) is 0 Å². The third kappa shape index (κ3) is 2.36. The van der Waals surface area contributed by atoms with Gasteiger partial charge >= 0.3 is 0 Å². The summed E-state index contributed by atoms with van der Waals surface area (Å²) in [6.07, 6.45) is 2.62. The molecule has 0 radical (unpaired) electrons. The minimum Gasteiger partial charge on any atom is -0.369 e. The molecule has 1 aromatic carbocycles. The molecule has 1 aliphatic heterocycles. The van der Waals surface area contributed by atoms with Crippen molar-refractivity contribution in [3.63, 3.8) is 0 Å². The van der Waals surface area contributed by atoms with Crippen LogP contribution in [0.4, 0.5) is 5.69 Å². The molecule has 0 amide bonds. The normalized spacial score (nSPS) is 15.9. The first-order valence-corrected chi connectivity index (χ1v) is 6.32. The number of nitrogens with zero attached hydrogens (tertiary/aromatic N) is 3. The lowest BCUT2D eigenvalue weighted by Crippen LogP contribution is -2.43. The number of benzene rings is 1. The Labute approximate surface area is 106 Å². The molecule has 3 rings (SSSR count). The molecular weight excluding hydrogens is 226 g/mol. The van der Waals surface area contributed by atoms with Crippen LogP contribution < -0.4 is 10.2 Å². The van der Waals surface area contributed by atoms with E-state index < -0.39 is 0 Å². The number of aromatic nitrogens is 3. The smallest absolute Gasteiger partial charge is 0.0869 e. The lowest BCUT2D eigenvalue weighted by molar-refractivity contribution is 0.588. The Balaban J connectivity index is 1.84. The average molecular weight is 243 g/mol. The highest BCUT2D eigenvalue weighted by atomic mass is 15.3. The summed E-state index contributed by atoms with van der Waals surface area (Å²) in [7, 11) is 0. The van der Waals surface area contributed by atoms with E-state index in [-0.39, 0.29) is 0 Å². The Hall–Kier alpha value is -1.88. The van der Waals surface area contributed by atoms with Gasteiger partial charge in [0, 0.05) is 38.3 Å². The highest BCUT2D eigenvalue weighted by Gasteiger charge is 2.14. The Morgan fingerprint density at radius 1 is 1.17 bits per heavy atom. The van der Waals surface area contributed by atoms with Crippen LogP contribution in [0.25, 0.3) is 0 Å². The lowest BCUT2D eigenvalue weighted by Gasteiger charge is -2.31. The number of aromatic amines is 1. The summed E-state index contributed by atoms with van der Waals surface area (Å²) in [4.78, 5) is 2.44. The van der Waals surface area contributed by atoms with Crippen molar-refractivity contribution in [2.24, 2.45) is 0 Å². The van der Waals surface area contributed by atoms with Crippen molar-refractivity contribution < 1.29 is 0 Å².